The van der Waals surface area contributed by atoms with Crippen molar-refractivity contribution in [1.82, 2.24) is 15.0 Å². The lowest BCUT2D eigenvalue weighted by Gasteiger charge is -2.36. The van der Waals surface area contributed by atoms with E-state index in [1.54, 1.807) is 12.4 Å². The summed E-state index contributed by atoms with van der Waals surface area (Å²) in [7, 11) is 0. The monoisotopic (exact) mass is 380 g/mol. The second-order valence-corrected chi connectivity index (χ2v) is 6.85. The van der Waals surface area contributed by atoms with Gasteiger partial charge in [0.2, 0.25) is 5.95 Å². The lowest BCUT2D eigenvalue weighted by molar-refractivity contribution is 0.640. The highest BCUT2D eigenvalue weighted by Crippen LogP contribution is 2.22. The molecule has 6 nitrogen and oxygen atoms in total. The van der Waals surface area contributed by atoms with E-state index in [0.717, 1.165) is 54.2 Å². The van der Waals surface area contributed by atoms with Crippen molar-refractivity contribution in [1.29, 1.82) is 0 Å². The number of pyridine rings is 1. The Morgan fingerprint density at radius 3 is 2.59 bits per heavy atom. The molecule has 0 amide bonds. The number of halogens is 1. The molecular formula is C20H21ClN6. The third kappa shape index (κ3) is 4.46. The second kappa shape index (κ2) is 8.22. The minimum Gasteiger partial charge on any atom is -0.368 e. The molecule has 0 radical (unpaired) electrons. The first-order valence-electron chi connectivity index (χ1n) is 8.99. The van der Waals surface area contributed by atoms with Crippen LogP contribution in [0.25, 0.3) is 0 Å². The smallest absolute Gasteiger partial charge is 0.227 e. The fraction of sp³-hybridized carbons (Fsp3) is 0.250. The van der Waals surface area contributed by atoms with Gasteiger partial charge in [0.05, 0.1) is 0 Å². The molecule has 1 aromatic carbocycles. The van der Waals surface area contributed by atoms with Crippen LogP contribution in [0.15, 0.2) is 61.1 Å². The van der Waals surface area contributed by atoms with Crippen LogP contribution in [0, 0.1) is 0 Å². The maximum absolute atomic E-state index is 6.11. The molecule has 0 saturated carbocycles. The van der Waals surface area contributed by atoms with E-state index in [0.29, 0.717) is 6.54 Å². The first kappa shape index (κ1) is 17.5. The molecule has 4 rings (SSSR count). The lowest BCUT2D eigenvalue weighted by Crippen LogP contribution is -2.47. The summed E-state index contributed by atoms with van der Waals surface area (Å²) in [5, 5.41) is 4.11. The van der Waals surface area contributed by atoms with Gasteiger partial charge >= 0.3 is 0 Å². The summed E-state index contributed by atoms with van der Waals surface area (Å²) in [6, 6.07) is 13.9. The molecule has 1 aliphatic heterocycles. The van der Waals surface area contributed by atoms with Crippen molar-refractivity contribution in [2.45, 2.75) is 6.54 Å². The molecule has 0 bridgehead atoms. The van der Waals surface area contributed by atoms with Gasteiger partial charge in [-0.1, -0.05) is 23.7 Å². The molecule has 7 heteroatoms. The molecule has 0 aliphatic carbocycles. The standard InChI is InChI=1S/C20H21ClN6/c21-17-4-1-5-18(13-17)26-9-11-27(12-10-26)20-23-8-6-19(25-20)24-15-16-3-2-7-22-14-16/h1-8,13-14H,9-12,15H2,(H,23,24,25). The predicted octanol–water partition coefficient (Wildman–Crippen LogP) is 3.46. The van der Waals surface area contributed by atoms with Gasteiger partial charge in [0.1, 0.15) is 5.82 Å². The maximum atomic E-state index is 6.11. The molecular weight excluding hydrogens is 360 g/mol. The van der Waals surface area contributed by atoms with Crippen LogP contribution in [0.2, 0.25) is 5.02 Å². The minimum absolute atomic E-state index is 0.687. The quantitative estimate of drug-likeness (QED) is 0.731. The van der Waals surface area contributed by atoms with E-state index >= 15 is 0 Å². The third-order valence-corrected chi connectivity index (χ3v) is 4.81. The number of nitrogens with zero attached hydrogens (tertiary/aromatic N) is 5. The molecule has 1 saturated heterocycles. The summed E-state index contributed by atoms with van der Waals surface area (Å²) >= 11 is 6.11. The first-order valence-corrected chi connectivity index (χ1v) is 9.37. The van der Waals surface area contributed by atoms with Gasteiger partial charge in [0.15, 0.2) is 0 Å². The molecule has 2 aromatic heterocycles. The summed E-state index contributed by atoms with van der Waals surface area (Å²) < 4.78 is 0. The average molecular weight is 381 g/mol. The SMILES string of the molecule is Clc1cccc(N2CCN(c3nccc(NCc4cccnc4)n3)CC2)c1. The van der Waals surface area contributed by atoms with Gasteiger partial charge < -0.3 is 15.1 Å². The highest BCUT2D eigenvalue weighted by atomic mass is 35.5. The van der Waals surface area contributed by atoms with Gasteiger partial charge in [-0.3, -0.25) is 4.98 Å². The Bertz CT molecular complexity index is 880. The van der Waals surface area contributed by atoms with Crippen LogP contribution < -0.4 is 15.1 Å². The van der Waals surface area contributed by atoms with Crippen molar-refractivity contribution in [3.8, 4) is 0 Å². The largest absolute Gasteiger partial charge is 0.368 e. The van der Waals surface area contributed by atoms with E-state index in [4.69, 9.17) is 11.6 Å². The fourth-order valence-electron chi connectivity index (χ4n) is 3.13. The molecule has 27 heavy (non-hydrogen) atoms. The Morgan fingerprint density at radius 1 is 0.963 bits per heavy atom. The minimum atomic E-state index is 0.687. The number of rotatable bonds is 5. The number of anilines is 3. The van der Waals surface area contributed by atoms with Crippen molar-refractivity contribution >= 4 is 29.1 Å². The van der Waals surface area contributed by atoms with E-state index in [9.17, 15) is 0 Å². The summed E-state index contributed by atoms with van der Waals surface area (Å²) in [4.78, 5) is 17.8. The Balaban J connectivity index is 1.37. The first-order chi connectivity index (χ1) is 13.3. The van der Waals surface area contributed by atoms with E-state index in [1.807, 2.05) is 42.6 Å². The van der Waals surface area contributed by atoms with E-state index in [2.05, 4.69) is 36.1 Å². The van der Waals surface area contributed by atoms with Crippen molar-refractivity contribution in [2.75, 3.05) is 41.3 Å². The van der Waals surface area contributed by atoms with Crippen molar-refractivity contribution in [3.63, 3.8) is 0 Å². The van der Waals surface area contributed by atoms with Crippen molar-refractivity contribution in [3.05, 3.63) is 71.6 Å². The molecule has 3 aromatic rings. The molecule has 0 spiro atoms. The molecule has 0 unspecified atom stereocenters. The van der Waals surface area contributed by atoms with Crippen LogP contribution in [0.4, 0.5) is 17.5 Å². The maximum Gasteiger partial charge on any atom is 0.227 e. The highest BCUT2D eigenvalue weighted by molar-refractivity contribution is 6.30. The zero-order valence-electron chi connectivity index (χ0n) is 14.9. The van der Waals surface area contributed by atoms with Gasteiger partial charge in [0.25, 0.3) is 0 Å². The van der Waals surface area contributed by atoms with Gasteiger partial charge in [-0.25, -0.2) is 4.98 Å². The molecule has 3 heterocycles. The predicted molar refractivity (Wildman–Crippen MR) is 109 cm³/mol. The third-order valence-electron chi connectivity index (χ3n) is 4.58. The number of hydrogen-bond acceptors (Lipinski definition) is 6. The Labute approximate surface area is 163 Å². The van der Waals surface area contributed by atoms with Crippen LogP contribution in [0.3, 0.4) is 0 Å². The topological polar surface area (TPSA) is 57.2 Å². The second-order valence-electron chi connectivity index (χ2n) is 6.41. The van der Waals surface area contributed by atoms with Gasteiger partial charge in [-0.15, -0.1) is 0 Å². The Morgan fingerprint density at radius 2 is 1.81 bits per heavy atom. The van der Waals surface area contributed by atoms with E-state index < -0.39 is 0 Å². The highest BCUT2D eigenvalue weighted by Gasteiger charge is 2.19. The summed E-state index contributed by atoms with van der Waals surface area (Å²) in [6.07, 6.45) is 5.43. The summed E-state index contributed by atoms with van der Waals surface area (Å²) in [5.74, 6) is 1.58. The van der Waals surface area contributed by atoms with Crippen LogP contribution in [0.5, 0.6) is 0 Å². The number of piperazine rings is 1. The number of aromatic nitrogens is 3. The molecule has 1 N–H and O–H groups in total. The van der Waals surface area contributed by atoms with Gasteiger partial charge in [0, 0.05) is 62.0 Å². The van der Waals surface area contributed by atoms with Crippen LogP contribution in [-0.4, -0.2) is 41.1 Å². The van der Waals surface area contributed by atoms with Crippen LogP contribution >= 0.6 is 11.6 Å². The van der Waals surface area contributed by atoms with Gasteiger partial charge in [-0.05, 0) is 35.9 Å². The molecule has 0 atom stereocenters. The van der Waals surface area contributed by atoms with Crippen LogP contribution in [-0.2, 0) is 6.54 Å². The van der Waals surface area contributed by atoms with E-state index in [1.165, 1.54) is 0 Å². The summed E-state index contributed by atoms with van der Waals surface area (Å²) in [5.41, 5.74) is 2.28. The number of hydrogen-bond donors (Lipinski definition) is 1. The average Bonchev–Trinajstić information content (AvgIpc) is 2.73. The number of benzene rings is 1. The van der Waals surface area contributed by atoms with E-state index in [-0.39, 0.29) is 0 Å². The molecule has 1 aliphatic rings. The van der Waals surface area contributed by atoms with Gasteiger partial charge in [-0.2, -0.15) is 4.98 Å². The van der Waals surface area contributed by atoms with Crippen molar-refractivity contribution < 1.29 is 0 Å². The molecule has 138 valence electrons. The zero-order valence-corrected chi connectivity index (χ0v) is 15.7. The molecule has 1 fully saturated rings. The zero-order chi connectivity index (χ0) is 18.5. The lowest BCUT2D eigenvalue weighted by atomic mass is 10.2. The fourth-order valence-corrected chi connectivity index (χ4v) is 3.32. The Hall–Kier alpha value is -2.86. The summed E-state index contributed by atoms with van der Waals surface area (Å²) in [6.45, 7) is 4.26. The normalized spacial score (nSPS) is 14.3. The Kier molecular flexibility index (Phi) is 5.34. The van der Waals surface area contributed by atoms with Crippen molar-refractivity contribution in [2.24, 2.45) is 0 Å². The number of nitrogens with one attached hydrogen (secondary N) is 1. The van der Waals surface area contributed by atoms with Crippen LogP contribution in [0.1, 0.15) is 5.56 Å².